The number of amides is 1. The monoisotopic (exact) mass is 469 g/mol. The maximum atomic E-state index is 13.5. The first-order valence-electron chi connectivity index (χ1n) is 11.5. The molecule has 0 aliphatic carbocycles. The first-order chi connectivity index (χ1) is 15.3. The van der Waals surface area contributed by atoms with Gasteiger partial charge in [0, 0.05) is 23.2 Å². The van der Waals surface area contributed by atoms with Crippen LogP contribution in [0, 0.1) is 13.8 Å². The van der Waals surface area contributed by atoms with E-state index in [1.807, 2.05) is 16.7 Å². The van der Waals surface area contributed by atoms with Crippen LogP contribution in [0.2, 0.25) is 0 Å². The Morgan fingerprint density at radius 3 is 2.25 bits per heavy atom. The molecule has 3 rings (SSSR count). The lowest BCUT2D eigenvalue weighted by molar-refractivity contribution is -0.118. The molecule has 0 saturated heterocycles. The molecular formula is C26H35N3OS2. The Balaban J connectivity index is 1.86. The van der Waals surface area contributed by atoms with Crippen LogP contribution in [0.25, 0.3) is 10.2 Å². The van der Waals surface area contributed by atoms with Crippen molar-refractivity contribution in [1.29, 1.82) is 0 Å². The van der Waals surface area contributed by atoms with E-state index in [9.17, 15) is 4.79 Å². The van der Waals surface area contributed by atoms with E-state index in [1.54, 1.807) is 11.3 Å². The van der Waals surface area contributed by atoms with Gasteiger partial charge in [0.15, 0.2) is 5.13 Å². The van der Waals surface area contributed by atoms with Crippen LogP contribution in [0.3, 0.4) is 0 Å². The van der Waals surface area contributed by atoms with Crippen molar-refractivity contribution in [2.24, 2.45) is 0 Å². The summed E-state index contributed by atoms with van der Waals surface area (Å²) in [5.74, 6) is 0.107. The summed E-state index contributed by atoms with van der Waals surface area (Å²) in [4.78, 5) is 23.9. The molecule has 172 valence electrons. The summed E-state index contributed by atoms with van der Waals surface area (Å²) >= 11 is 3.47. The zero-order valence-electron chi connectivity index (χ0n) is 20.1. The summed E-state index contributed by atoms with van der Waals surface area (Å²) in [5.41, 5.74) is 4.43. The second-order valence-electron chi connectivity index (χ2n) is 8.43. The number of hydrogen-bond donors (Lipinski definition) is 0. The van der Waals surface area contributed by atoms with Gasteiger partial charge >= 0.3 is 0 Å². The van der Waals surface area contributed by atoms with Gasteiger partial charge in [0.25, 0.3) is 0 Å². The van der Waals surface area contributed by atoms with Crippen LogP contribution in [0.5, 0.6) is 0 Å². The van der Waals surface area contributed by atoms with Crippen molar-refractivity contribution in [3.8, 4) is 0 Å². The number of anilines is 1. The number of aromatic nitrogens is 1. The predicted octanol–water partition coefficient (Wildman–Crippen LogP) is 6.33. The highest BCUT2D eigenvalue weighted by Crippen LogP contribution is 2.33. The van der Waals surface area contributed by atoms with Crippen LogP contribution in [-0.4, -0.2) is 47.2 Å². The van der Waals surface area contributed by atoms with E-state index < -0.39 is 0 Å². The Hall–Kier alpha value is -1.89. The number of thiazole rings is 1. The van der Waals surface area contributed by atoms with Crippen LogP contribution in [0.1, 0.15) is 44.4 Å². The van der Waals surface area contributed by atoms with E-state index in [4.69, 9.17) is 4.98 Å². The van der Waals surface area contributed by atoms with E-state index >= 15 is 0 Å². The van der Waals surface area contributed by atoms with Gasteiger partial charge in [-0.25, -0.2) is 4.98 Å². The molecule has 0 aliphatic rings. The molecular weight excluding hydrogens is 434 g/mol. The first-order valence-corrected chi connectivity index (χ1v) is 13.2. The second-order valence-corrected chi connectivity index (χ2v) is 11.1. The van der Waals surface area contributed by atoms with Crippen LogP contribution in [0.15, 0.2) is 41.3 Å². The van der Waals surface area contributed by atoms with E-state index in [-0.39, 0.29) is 5.91 Å². The molecule has 2 aromatic carbocycles. The molecule has 0 saturated carbocycles. The van der Waals surface area contributed by atoms with Crippen LogP contribution < -0.4 is 4.90 Å². The molecule has 1 heterocycles. The van der Waals surface area contributed by atoms with Gasteiger partial charge in [-0.15, -0.1) is 11.8 Å². The normalized spacial score (nSPS) is 11.6. The lowest BCUT2D eigenvalue weighted by Gasteiger charge is -2.24. The lowest BCUT2D eigenvalue weighted by atomic mass is 10.1. The topological polar surface area (TPSA) is 36.4 Å². The number of rotatable bonds is 10. The van der Waals surface area contributed by atoms with Gasteiger partial charge < -0.3 is 4.90 Å². The summed E-state index contributed by atoms with van der Waals surface area (Å²) in [6, 6.07) is 12.7. The third-order valence-corrected chi connectivity index (χ3v) is 7.88. The fourth-order valence-corrected chi connectivity index (χ4v) is 5.69. The molecule has 0 atom stereocenters. The minimum absolute atomic E-state index is 0.107. The number of nitrogens with zero attached hydrogens (tertiary/aromatic N) is 3. The number of aryl methyl sites for hydroxylation is 2. The van der Waals surface area contributed by atoms with Gasteiger partial charge in [0.2, 0.25) is 5.91 Å². The Bertz CT molecular complexity index is 1000. The number of hydrogen-bond acceptors (Lipinski definition) is 5. The zero-order chi connectivity index (χ0) is 23.3. The maximum absolute atomic E-state index is 13.5. The van der Waals surface area contributed by atoms with Crippen molar-refractivity contribution in [3.05, 3.63) is 53.1 Å². The average molecular weight is 470 g/mol. The molecule has 1 amide bonds. The standard InChI is InChI=1S/C26H35N3OS2/c1-7-28(8-2)15-16-29(26-27-24-19(5)9-10-20(6)25(24)32-26)23(30)17-21-11-13-22(14-12-21)31-18(3)4/h9-14,18H,7-8,15-17H2,1-6H3. The first kappa shape index (κ1) is 24.7. The third-order valence-electron chi connectivity index (χ3n) is 5.65. The Morgan fingerprint density at radius 2 is 1.66 bits per heavy atom. The summed E-state index contributed by atoms with van der Waals surface area (Å²) in [6.07, 6.45) is 0.388. The number of fused-ring (bicyclic) bond motifs is 1. The van der Waals surface area contributed by atoms with Gasteiger partial charge in [-0.05, 0) is 55.8 Å². The molecule has 0 N–H and O–H groups in total. The van der Waals surface area contributed by atoms with Crippen LogP contribution in [-0.2, 0) is 11.2 Å². The van der Waals surface area contributed by atoms with Crippen molar-refractivity contribution in [2.75, 3.05) is 31.1 Å². The van der Waals surface area contributed by atoms with E-state index in [0.717, 1.165) is 41.4 Å². The maximum Gasteiger partial charge on any atom is 0.233 e. The van der Waals surface area contributed by atoms with Gasteiger partial charge in [0.1, 0.15) is 0 Å². The van der Waals surface area contributed by atoms with Crippen LogP contribution >= 0.6 is 23.1 Å². The fourth-order valence-electron chi connectivity index (χ4n) is 3.70. The van der Waals surface area contributed by atoms with Crippen molar-refractivity contribution in [2.45, 2.75) is 58.1 Å². The number of thioether (sulfide) groups is 1. The van der Waals surface area contributed by atoms with Crippen molar-refractivity contribution >= 4 is 44.4 Å². The molecule has 0 radical (unpaired) electrons. The van der Waals surface area contributed by atoms with Crippen molar-refractivity contribution < 1.29 is 4.79 Å². The summed E-state index contributed by atoms with van der Waals surface area (Å²) < 4.78 is 1.18. The molecule has 0 spiro atoms. The summed E-state index contributed by atoms with van der Waals surface area (Å²) in [7, 11) is 0. The van der Waals surface area contributed by atoms with Gasteiger partial charge in [-0.2, -0.15) is 0 Å². The molecule has 0 aliphatic heterocycles. The Morgan fingerprint density at radius 1 is 1.00 bits per heavy atom. The average Bonchev–Trinajstić information content (AvgIpc) is 3.21. The van der Waals surface area contributed by atoms with Crippen LogP contribution in [0.4, 0.5) is 5.13 Å². The van der Waals surface area contributed by atoms with E-state index in [2.05, 4.69) is 82.8 Å². The number of benzene rings is 2. The SMILES string of the molecule is CCN(CC)CCN(C(=O)Cc1ccc(SC(C)C)cc1)c1nc2c(C)ccc(C)c2s1. The summed E-state index contributed by atoms with van der Waals surface area (Å²) in [6.45, 7) is 16.4. The highest BCUT2D eigenvalue weighted by molar-refractivity contribution is 7.99. The zero-order valence-corrected chi connectivity index (χ0v) is 21.8. The van der Waals surface area contributed by atoms with Crippen molar-refractivity contribution in [3.63, 3.8) is 0 Å². The van der Waals surface area contributed by atoms with E-state index in [0.29, 0.717) is 18.2 Å². The molecule has 0 fully saturated rings. The second kappa shape index (κ2) is 11.3. The number of carbonyl (C=O) groups is 1. The highest BCUT2D eigenvalue weighted by Gasteiger charge is 2.22. The quantitative estimate of drug-likeness (QED) is 0.325. The predicted molar refractivity (Wildman–Crippen MR) is 140 cm³/mol. The largest absolute Gasteiger partial charge is 0.302 e. The third kappa shape index (κ3) is 6.12. The highest BCUT2D eigenvalue weighted by atomic mass is 32.2. The molecule has 0 unspecified atom stereocenters. The molecule has 1 aromatic heterocycles. The minimum atomic E-state index is 0.107. The molecule has 4 nitrogen and oxygen atoms in total. The fraction of sp³-hybridized carbons (Fsp3) is 0.462. The Kier molecular flexibility index (Phi) is 8.74. The van der Waals surface area contributed by atoms with Gasteiger partial charge in [-0.3, -0.25) is 9.69 Å². The lowest BCUT2D eigenvalue weighted by Crippen LogP contribution is -2.39. The Labute approximate surface area is 201 Å². The molecule has 6 heteroatoms. The van der Waals surface area contributed by atoms with E-state index in [1.165, 1.54) is 15.2 Å². The number of carbonyl (C=O) groups excluding carboxylic acids is 1. The molecule has 0 bridgehead atoms. The molecule has 32 heavy (non-hydrogen) atoms. The number of likely N-dealkylation sites (N-methyl/N-ethyl adjacent to an activating group) is 1. The van der Waals surface area contributed by atoms with Gasteiger partial charge in [0.05, 0.1) is 16.6 Å². The van der Waals surface area contributed by atoms with Crippen molar-refractivity contribution in [1.82, 2.24) is 9.88 Å². The smallest absolute Gasteiger partial charge is 0.233 e. The van der Waals surface area contributed by atoms with Gasteiger partial charge in [-0.1, -0.05) is 63.3 Å². The minimum Gasteiger partial charge on any atom is -0.302 e. The molecule has 3 aromatic rings. The summed E-state index contributed by atoms with van der Waals surface area (Å²) in [5, 5.41) is 1.35.